The smallest absolute Gasteiger partial charge is 0.236 e. The number of benzene rings is 1. The molecule has 158 valence electrons. The Hall–Kier alpha value is -2.72. The van der Waals surface area contributed by atoms with E-state index in [0.29, 0.717) is 22.7 Å². The average molecular weight is 445 g/mol. The van der Waals surface area contributed by atoms with E-state index in [0.717, 1.165) is 16.9 Å². The first-order chi connectivity index (χ1) is 14.4. The molecule has 2 amide bonds. The van der Waals surface area contributed by atoms with Crippen molar-refractivity contribution in [3.05, 3.63) is 46.2 Å². The lowest BCUT2D eigenvalue weighted by molar-refractivity contribution is -0.116. The van der Waals surface area contributed by atoms with Gasteiger partial charge >= 0.3 is 0 Å². The molecule has 30 heavy (non-hydrogen) atoms. The van der Waals surface area contributed by atoms with Gasteiger partial charge in [0.25, 0.3) is 0 Å². The van der Waals surface area contributed by atoms with Gasteiger partial charge in [0.05, 0.1) is 17.9 Å². The van der Waals surface area contributed by atoms with Crippen LogP contribution in [-0.4, -0.2) is 37.3 Å². The van der Waals surface area contributed by atoms with Gasteiger partial charge < -0.3 is 15.2 Å². The Kier molecular flexibility index (Phi) is 7.22. The minimum absolute atomic E-state index is 0.110. The van der Waals surface area contributed by atoms with Gasteiger partial charge in [-0.2, -0.15) is 0 Å². The normalized spacial score (nSPS) is 10.8. The molecule has 0 radical (unpaired) electrons. The van der Waals surface area contributed by atoms with Crippen LogP contribution in [0.15, 0.2) is 28.7 Å². The van der Waals surface area contributed by atoms with E-state index >= 15 is 0 Å². The minimum Gasteiger partial charge on any atom is -0.326 e. The molecule has 0 fully saturated rings. The molecular weight excluding hydrogens is 420 g/mol. The number of carbonyl (C=O) groups is 2. The number of rotatable bonds is 8. The van der Waals surface area contributed by atoms with Crippen molar-refractivity contribution in [3.8, 4) is 0 Å². The summed E-state index contributed by atoms with van der Waals surface area (Å²) < 4.78 is 1.85. The van der Waals surface area contributed by atoms with Crippen LogP contribution in [0, 0.1) is 20.8 Å². The molecule has 2 N–H and O–H groups in total. The van der Waals surface area contributed by atoms with Gasteiger partial charge in [-0.05, 0) is 51.0 Å². The van der Waals surface area contributed by atoms with Crippen LogP contribution in [0.5, 0.6) is 0 Å². The average Bonchev–Trinajstić information content (AvgIpc) is 3.28. The van der Waals surface area contributed by atoms with Gasteiger partial charge in [0.15, 0.2) is 10.3 Å². The number of hydrogen-bond donors (Lipinski definition) is 2. The predicted molar refractivity (Wildman–Crippen MR) is 120 cm³/mol. The molecule has 0 unspecified atom stereocenters. The fraction of sp³-hybridized carbons (Fsp3) is 0.350. The van der Waals surface area contributed by atoms with Crippen LogP contribution < -0.4 is 10.6 Å². The van der Waals surface area contributed by atoms with Crippen molar-refractivity contribution in [1.29, 1.82) is 0 Å². The van der Waals surface area contributed by atoms with Crippen molar-refractivity contribution in [1.82, 2.24) is 19.7 Å². The Labute approximate surface area is 183 Å². The number of hydrogen-bond acceptors (Lipinski definition) is 7. The molecule has 0 aliphatic heterocycles. The second kappa shape index (κ2) is 9.86. The molecule has 0 atom stereocenters. The molecule has 0 aliphatic rings. The second-order valence-corrected chi connectivity index (χ2v) is 8.60. The Bertz CT molecular complexity index is 1060. The van der Waals surface area contributed by atoms with Crippen molar-refractivity contribution in [2.75, 3.05) is 16.4 Å². The van der Waals surface area contributed by atoms with Gasteiger partial charge in [0, 0.05) is 17.6 Å². The van der Waals surface area contributed by atoms with Crippen molar-refractivity contribution in [2.45, 2.75) is 45.8 Å². The highest BCUT2D eigenvalue weighted by atomic mass is 32.2. The van der Waals surface area contributed by atoms with E-state index in [1.165, 1.54) is 28.7 Å². The van der Waals surface area contributed by atoms with Gasteiger partial charge in [0.2, 0.25) is 11.8 Å². The highest BCUT2D eigenvalue weighted by Crippen LogP contribution is 2.20. The van der Waals surface area contributed by atoms with Gasteiger partial charge in [-0.3, -0.25) is 9.59 Å². The first-order valence-electron chi connectivity index (χ1n) is 9.49. The zero-order valence-corrected chi connectivity index (χ0v) is 19.0. The first kappa shape index (κ1) is 22.0. The molecule has 1 aromatic carbocycles. The molecule has 3 aromatic rings. The monoisotopic (exact) mass is 444 g/mol. The maximum absolute atomic E-state index is 12.5. The molecule has 8 nitrogen and oxygen atoms in total. The van der Waals surface area contributed by atoms with E-state index in [1.807, 2.05) is 55.8 Å². The summed E-state index contributed by atoms with van der Waals surface area (Å²) in [5, 5.41) is 17.1. The molecular formula is C20H24N6O2S2. The van der Waals surface area contributed by atoms with Crippen LogP contribution in [0.2, 0.25) is 0 Å². The van der Waals surface area contributed by atoms with Crippen LogP contribution in [0.1, 0.15) is 29.6 Å². The lowest BCUT2D eigenvalue weighted by Gasteiger charge is -2.09. The summed E-state index contributed by atoms with van der Waals surface area (Å²) in [6, 6.07) is 5.81. The first-order valence-corrected chi connectivity index (χ1v) is 11.4. The van der Waals surface area contributed by atoms with E-state index in [2.05, 4.69) is 25.8 Å². The summed E-state index contributed by atoms with van der Waals surface area (Å²) in [7, 11) is 0. The third-order valence-corrected chi connectivity index (χ3v) is 6.26. The highest BCUT2D eigenvalue weighted by Gasteiger charge is 2.16. The Morgan fingerprint density at radius 3 is 2.57 bits per heavy atom. The van der Waals surface area contributed by atoms with Crippen molar-refractivity contribution >= 4 is 45.7 Å². The molecule has 0 saturated heterocycles. The van der Waals surface area contributed by atoms with Crippen LogP contribution in [0.4, 0.5) is 10.8 Å². The second-order valence-electron chi connectivity index (χ2n) is 6.80. The van der Waals surface area contributed by atoms with Crippen LogP contribution in [0.25, 0.3) is 0 Å². The van der Waals surface area contributed by atoms with E-state index in [-0.39, 0.29) is 24.0 Å². The summed E-state index contributed by atoms with van der Waals surface area (Å²) in [5.74, 6) is 0.436. The molecule has 0 saturated carbocycles. The molecule has 3 rings (SSSR count). The lowest BCUT2D eigenvalue weighted by Crippen LogP contribution is -2.18. The molecule has 2 heterocycles. The van der Waals surface area contributed by atoms with Gasteiger partial charge in [-0.1, -0.05) is 17.8 Å². The van der Waals surface area contributed by atoms with Crippen molar-refractivity contribution in [2.24, 2.45) is 0 Å². The number of thioether (sulfide) groups is 1. The number of nitrogens with one attached hydrogen (secondary N) is 2. The summed E-state index contributed by atoms with van der Waals surface area (Å²) in [6.45, 7) is 8.48. The van der Waals surface area contributed by atoms with Crippen molar-refractivity contribution < 1.29 is 9.59 Å². The minimum atomic E-state index is -0.159. The fourth-order valence-corrected chi connectivity index (χ4v) is 4.26. The number of nitrogens with zero attached hydrogens (tertiary/aromatic N) is 4. The molecule has 0 bridgehead atoms. The van der Waals surface area contributed by atoms with Crippen molar-refractivity contribution in [3.63, 3.8) is 0 Å². The number of amides is 2. The zero-order chi connectivity index (χ0) is 21.7. The van der Waals surface area contributed by atoms with E-state index in [1.54, 1.807) is 0 Å². The molecule has 0 aliphatic carbocycles. The fourth-order valence-electron chi connectivity index (χ4n) is 2.74. The van der Waals surface area contributed by atoms with Gasteiger partial charge in [-0.15, -0.1) is 21.5 Å². The van der Waals surface area contributed by atoms with Gasteiger partial charge in [-0.25, -0.2) is 4.98 Å². The third-order valence-electron chi connectivity index (χ3n) is 4.42. The largest absolute Gasteiger partial charge is 0.326 e. The standard InChI is InChI=1S/C20H24N6O2S2/c1-5-26-16(9-17(27)22-15-7-6-12(2)13(3)8-15)24-25-20(26)30-11-18(28)23-19-21-14(4)10-29-19/h6-8,10H,5,9,11H2,1-4H3,(H,22,27)(H,21,23,28). The Morgan fingerprint density at radius 2 is 1.90 bits per heavy atom. The third kappa shape index (κ3) is 5.67. The van der Waals surface area contributed by atoms with E-state index in [9.17, 15) is 9.59 Å². The number of anilines is 2. The summed E-state index contributed by atoms with van der Waals surface area (Å²) >= 11 is 2.67. The molecule has 2 aromatic heterocycles. The summed E-state index contributed by atoms with van der Waals surface area (Å²) in [4.78, 5) is 28.8. The van der Waals surface area contributed by atoms with E-state index in [4.69, 9.17) is 0 Å². The maximum Gasteiger partial charge on any atom is 0.236 e. The van der Waals surface area contributed by atoms with Crippen LogP contribution in [-0.2, 0) is 22.6 Å². The highest BCUT2D eigenvalue weighted by molar-refractivity contribution is 7.99. The van der Waals surface area contributed by atoms with Crippen LogP contribution in [0.3, 0.4) is 0 Å². The predicted octanol–water partition coefficient (Wildman–Crippen LogP) is 3.59. The molecule has 0 spiro atoms. The number of thiazole rings is 1. The Balaban J connectivity index is 1.58. The molecule has 10 heteroatoms. The number of carbonyl (C=O) groups excluding carboxylic acids is 2. The van der Waals surface area contributed by atoms with Gasteiger partial charge in [0.1, 0.15) is 5.82 Å². The zero-order valence-electron chi connectivity index (χ0n) is 17.4. The summed E-state index contributed by atoms with van der Waals surface area (Å²) in [5.41, 5.74) is 3.93. The Morgan fingerprint density at radius 1 is 1.10 bits per heavy atom. The number of aromatic nitrogens is 4. The lowest BCUT2D eigenvalue weighted by atomic mass is 10.1. The quantitative estimate of drug-likeness (QED) is 0.515. The topological polar surface area (TPSA) is 102 Å². The summed E-state index contributed by atoms with van der Waals surface area (Å²) in [6.07, 6.45) is 0.110. The van der Waals surface area contributed by atoms with Crippen LogP contribution >= 0.6 is 23.1 Å². The van der Waals surface area contributed by atoms with E-state index < -0.39 is 0 Å². The maximum atomic E-state index is 12.5. The number of aryl methyl sites for hydroxylation is 3. The SMILES string of the molecule is CCn1c(CC(=O)Nc2ccc(C)c(C)c2)nnc1SCC(=O)Nc1nc(C)cs1.